The summed E-state index contributed by atoms with van der Waals surface area (Å²) in [5.41, 5.74) is 0. The number of thiophene rings is 1. The van der Waals surface area contributed by atoms with Crippen molar-refractivity contribution in [3.05, 3.63) is 16.3 Å². The fraction of sp³-hybridized carbons (Fsp3) is 0.444. The molecule has 0 spiro atoms. The minimum absolute atomic E-state index is 0.0627. The molecule has 2 N–H and O–H groups in total. The van der Waals surface area contributed by atoms with Crippen molar-refractivity contribution in [2.75, 3.05) is 0 Å². The topological polar surface area (TPSA) is 83.5 Å². The fourth-order valence-corrected chi connectivity index (χ4v) is 3.56. The molecule has 5 nitrogen and oxygen atoms in total. The molecular formula is C9H11F2NO4S2. The summed E-state index contributed by atoms with van der Waals surface area (Å²) in [6, 6.07) is -0.545. The largest absolute Gasteiger partial charge is 0.477 e. The molecule has 1 unspecified atom stereocenters. The number of carboxylic acid groups (broad SMARTS) is 1. The molecule has 0 aliphatic heterocycles. The van der Waals surface area contributed by atoms with Crippen molar-refractivity contribution in [1.82, 2.24) is 4.72 Å². The fourth-order valence-electron chi connectivity index (χ4n) is 1.15. The Morgan fingerprint density at radius 2 is 2.17 bits per heavy atom. The molecule has 1 rings (SSSR count). The van der Waals surface area contributed by atoms with Crippen LogP contribution in [0.15, 0.2) is 16.3 Å². The Morgan fingerprint density at radius 1 is 1.56 bits per heavy atom. The van der Waals surface area contributed by atoms with Gasteiger partial charge in [-0.3, -0.25) is 0 Å². The minimum Gasteiger partial charge on any atom is -0.477 e. The summed E-state index contributed by atoms with van der Waals surface area (Å²) in [6.45, 7) is 1.43. The Kier molecular flexibility index (Phi) is 4.77. The van der Waals surface area contributed by atoms with E-state index in [-0.39, 0.29) is 16.2 Å². The van der Waals surface area contributed by atoms with E-state index >= 15 is 0 Å². The second kappa shape index (κ2) is 5.72. The van der Waals surface area contributed by atoms with Crippen LogP contribution in [-0.4, -0.2) is 32.0 Å². The van der Waals surface area contributed by atoms with E-state index < -0.39 is 28.5 Å². The third-order valence-electron chi connectivity index (χ3n) is 2.15. The summed E-state index contributed by atoms with van der Waals surface area (Å²) < 4.78 is 50.2. The first-order valence-electron chi connectivity index (χ1n) is 4.90. The number of sulfonamides is 1. The molecule has 1 heterocycles. The maximum absolute atomic E-state index is 12.5. The first-order chi connectivity index (χ1) is 8.27. The van der Waals surface area contributed by atoms with E-state index in [9.17, 15) is 22.0 Å². The van der Waals surface area contributed by atoms with Gasteiger partial charge in [-0.15, -0.1) is 11.3 Å². The summed E-state index contributed by atoms with van der Waals surface area (Å²) >= 11 is 0.721. The molecule has 0 radical (unpaired) electrons. The highest BCUT2D eigenvalue weighted by atomic mass is 32.2. The second-order valence-corrected chi connectivity index (χ2v) is 6.05. The van der Waals surface area contributed by atoms with Crippen LogP contribution in [0.25, 0.3) is 0 Å². The molecule has 0 bridgehead atoms. The van der Waals surface area contributed by atoms with Crippen LogP contribution in [0.5, 0.6) is 0 Å². The molecule has 18 heavy (non-hydrogen) atoms. The number of halogens is 2. The summed E-state index contributed by atoms with van der Waals surface area (Å²) in [5, 5.41) is 9.76. The molecule has 1 atom stereocenters. The summed E-state index contributed by atoms with van der Waals surface area (Å²) in [6.07, 6.45) is -2.88. The number of carbonyl (C=O) groups is 1. The molecule has 1 aromatic heterocycles. The highest BCUT2D eigenvalue weighted by molar-refractivity contribution is 7.89. The highest BCUT2D eigenvalue weighted by Crippen LogP contribution is 2.20. The lowest BCUT2D eigenvalue weighted by Gasteiger charge is -2.15. The van der Waals surface area contributed by atoms with Gasteiger partial charge in [-0.2, -0.15) is 0 Å². The number of carboxylic acids is 1. The molecule has 1 aromatic rings. The standard InChI is InChI=1S/C9H11F2NO4S2/c1-2-6(8(10)11)12-18(15,16)5-3-7(9(13)14)17-4-5/h3-4,6,8,12H,2H2,1H3,(H,13,14). The van der Waals surface area contributed by atoms with Crippen molar-refractivity contribution in [3.8, 4) is 0 Å². The number of hydrogen-bond donors (Lipinski definition) is 2. The lowest BCUT2D eigenvalue weighted by atomic mass is 10.3. The van der Waals surface area contributed by atoms with Crippen molar-refractivity contribution in [2.24, 2.45) is 0 Å². The quantitative estimate of drug-likeness (QED) is 0.838. The lowest BCUT2D eigenvalue weighted by molar-refractivity contribution is 0.0702. The highest BCUT2D eigenvalue weighted by Gasteiger charge is 2.26. The van der Waals surface area contributed by atoms with E-state index in [1.54, 1.807) is 0 Å². The molecule has 0 fully saturated rings. The van der Waals surface area contributed by atoms with Crippen molar-refractivity contribution < 1.29 is 27.1 Å². The van der Waals surface area contributed by atoms with Crippen LogP contribution >= 0.6 is 11.3 Å². The van der Waals surface area contributed by atoms with E-state index in [1.807, 2.05) is 4.72 Å². The Balaban J connectivity index is 2.95. The van der Waals surface area contributed by atoms with Crippen LogP contribution in [0.2, 0.25) is 0 Å². The molecule has 0 amide bonds. The average molecular weight is 299 g/mol. The van der Waals surface area contributed by atoms with Gasteiger partial charge in [0.25, 0.3) is 6.43 Å². The van der Waals surface area contributed by atoms with Gasteiger partial charge in [0.15, 0.2) is 0 Å². The van der Waals surface area contributed by atoms with E-state index in [0.717, 1.165) is 22.8 Å². The van der Waals surface area contributed by atoms with Gasteiger partial charge in [0.2, 0.25) is 10.0 Å². The predicted octanol–water partition coefficient (Wildman–Crippen LogP) is 1.77. The van der Waals surface area contributed by atoms with E-state index in [0.29, 0.717) is 0 Å². The van der Waals surface area contributed by atoms with Gasteiger partial charge < -0.3 is 5.11 Å². The predicted molar refractivity (Wildman–Crippen MR) is 61.7 cm³/mol. The summed E-state index contributed by atoms with van der Waals surface area (Å²) in [5.74, 6) is -1.26. The zero-order chi connectivity index (χ0) is 13.9. The SMILES string of the molecule is CCC(NS(=O)(=O)c1csc(C(=O)O)c1)C(F)F. The van der Waals surface area contributed by atoms with Crippen LogP contribution in [0.4, 0.5) is 8.78 Å². The van der Waals surface area contributed by atoms with Crippen LogP contribution < -0.4 is 4.72 Å². The van der Waals surface area contributed by atoms with Crippen LogP contribution in [0.3, 0.4) is 0 Å². The number of nitrogens with one attached hydrogen (secondary N) is 1. The molecule has 0 aromatic carbocycles. The number of rotatable bonds is 6. The van der Waals surface area contributed by atoms with E-state index in [2.05, 4.69) is 0 Å². The Labute approximate surface area is 106 Å². The van der Waals surface area contributed by atoms with Crippen molar-refractivity contribution in [2.45, 2.75) is 30.7 Å². The molecule has 0 saturated carbocycles. The van der Waals surface area contributed by atoms with Gasteiger partial charge in [0.1, 0.15) is 4.88 Å². The Bertz CT molecular complexity index is 526. The molecule has 0 aliphatic carbocycles. The average Bonchev–Trinajstić information content (AvgIpc) is 2.75. The Morgan fingerprint density at radius 3 is 2.56 bits per heavy atom. The number of alkyl halides is 2. The van der Waals surface area contributed by atoms with Crippen molar-refractivity contribution >= 4 is 27.3 Å². The molecular weight excluding hydrogens is 288 g/mol. The van der Waals surface area contributed by atoms with Crippen LogP contribution in [0, 0.1) is 0 Å². The molecule has 0 saturated heterocycles. The van der Waals surface area contributed by atoms with Crippen LogP contribution in [-0.2, 0) is 10.0 Å². The summed E-state index contributed by atoms with van der Waals surface area (Å²) in [7, 11) is -4.11. The summed E-state index contributed by atoms with van der Waals surface area (Å²) in [4.78, 5) is 10.1. The third kappa shape index (κ3) is 3.47. The lowest BCUT2D eigenvalue weighted by Crippen LogP contribution is -2.39. The van der Waals surface area contributed by atoms with E-state index in [1.165, 1.54) is 6.92 Å². The van der Waals surface area contributed by atoms with Crippen molar-refractivity contribution in [3.63, 3.8) is 0 Å². The van der Waals surface area contributed by atoms with Gasteiger partial charge in [0, 0.05) is 5.38 Å². The number of aromatic carboxylic acids is 1. The van der Waals surface area contributed by atoms with E-state index in [4.69, 9.17) is 5.11 Å². The zero-order valence-corrected chi connectivity index (χ0v) is 10.9. The van der Waals surface area contributed by atoms with Gasteiger partial charge in [-0.1, -0.05) is 6.92 Å². The van der Waals surface area contributed by atoms with Gasteiger partial charge in [-0.25, -0.2) is 26.7 Å². The molecule has 9 heteroatoms. The smallest absolute Gasteiger partial charge is 0.345 e. The first-order valence-corrected chi connectivity index (χ1v) is 7.26. The second-order valence-electron chi connectivity index (χ2n) is 3.42. The normalized spacial score (nSPS) is 13.8. The monoisotopic (exact) mass is 299 g/mol. The third-order valence-corrected chi connectivity index (χ3v) is 4.68. The molecule has 102 valence electrons. The Hall–Kier alpha value is -1.06. The first kappa shape index (κ1) is 15.0. The van der Waals surface area contributed by atoms with Gasteiger partial charge in [-0.05, 0) is 12.5 Å². The maximum atomic E-state index is 12.5. The van der Waals surface area contributed by atoms with Crippen LogP contribution in [0.1, 0.15) is 23.0 Å². The minimum atomic E-state index is -4.11. The van der Waals surface area contributed by atoms with Gasteiger partial charge >= 0.3 is 5.97 Å². The van der Waals surface area contributed by atoms with Crippen molar-refractivity contribution in [1.29, 1.82) is 0 Å². The van der Waals surface area contributed by atoms with Gasteiger partial charge in [0.05, 0.1) is 10.9 Å². The molecule has 0 aliphatic rings. The zero-order valence-electron chi connectivity index (χ0n) is 9.26. The maximum Gasteiger partial charge on any atom is 0.345 e. The number of hydrogen-bond acceptors (Lipinski definition) is 4.